The number of ether oxygens (including phenoxy) is 1. The summed E-state index contributed by atoms with van der Waals surface area (Å²) in [5, 5.41) is 2.93. The van der Waals surface area contributed by atoms with Crippen LogP contribution in [-0.4, -0.2) is 58.5 Å². The van der Waals surface area contributed by atoms with Crippen molar-refractivity contribution >= 4 is 11.8 Å². The van der Waals surface area contributed by atoms with E-state index < -0.39 is 0 Å². The second-order valence-electron chi connectivity index (χ2n) is 6.56. The summed E-state index contributed by atoms with van der Waals surface area (Å²) in [5.74, 6) is -0.256. The highest BCUT2D eigenvalue weighted by atomic mass is 16.5. The maximum Gasteiger partial charge on any atom is 0.274 e. The van der Waals surface area contributed by atoms with Gasteiger partial charge in [0.1, 0.15) is 5.69 Å². The predicted octanol–water partition coefficient (Wildman–Crippen LogP) is 1.71. The van der Waals surface area contributed by atoms with Crippen molar-refractivity contribution in [3.8, 4) is 0 Å². The molecule has 1 aromatic rings. The van der Waals surface area contributed by atoms with Crippen molar-refractivity contribution in [1.29, 1.82) is 0 Å². The molecule has 1 aliphatic heterocycles. The number of aromatic nitrogens is 2. The van der Waals surface area contributed by atoms with Gasteiger partial charge in [-0.3, -0.25) is 14.6 Å². The first-order chi connectivity index (χ1) is 12.0. The first-order valence-electron chi connectivity index (χ1n) is 8.98. The van der Waals surface area contributed by atoms with Crippen molar-refractivity contribution in [2.24, 2.45) is 0 Å². The van der Waals surface area contributed by atoms with Crippen LogP contribution in [0.2, 0.25) is 0 Å². The summed E-state index contributed by atoms with van der Waals surface area (Å²) in [4.78, 5) is 34.8. The molecule has 2 atom stereocenters. The molecule has 2 amide bonds. The molecule has 2 unspecified atom stereocenters. The van der Waals surface area contributed by atoms with Gasteiger partial charge in [-0.1, -0.05) is 6.92 Å². The lowest BCUT2D eigenvalue weighted by molar-refractivity contribution is -0.122. The van der Waals surface area contributed by atoms with Crippen LogP contribution in [0.5, 0.6) is 0 Å². The van der Waals surface area contributed by atoms with Gasteiger partial charge in [0.15, 0.2) is 0 Å². The fraction of sp³-hybridized carbons (Fsp3) is 0.667. The summed E-state index contributed by atoms with van der Waals surface area (Å²) in [5.41, 5.74) is 1.06. The zero-order chi connectivity index (χ0) is 18.2. The lowest BCUT2D eigenvalue weighted by Crippen LogP contribution is -2.41. The highest BCUT2D eigenvalue weighted by molar-refractivity contribution is 5.92. The molecule has 1 aliphatic rings. The third-order valence-electron chi connectivity index (χ3n) is 4.36. The van der Waals surface area contributed by atoms with Crippen molar-refractivity contribution < 1.29 is 14.3 Å². The molecule has 1 N–H and O–H groups in total. The topological polar surface area (TPSA) is 84.4 Å². The van der Waals surface area contributed by atoms with Crippen LogP contribution in [0.3, 0.4) is 0 Å². The lowest BCUT2D eigenvalue weighted by Gasteiger charge is -2.25. The molecule has 7 nitrogen and oxygen atoms in total. The van der Waals surface area contributed by atoms with Gasteiger partial charge in [0.2, 0.25) is 5.91 Å². The molecule has 0 spiro atoms. The average Bonchev–Trinajstić information content (AvgIpc) is 3.11. The van der Waals surface area contributed by atoms with Crippen molar-refractivity contribution in [1.82, 2.24) is 20.2 Å². The standard InChI is InChI=1S/C18H28N4O3/c1-4-13(2)21-17(23)7-8-22(12-15-6-5-9-25-15)18(24)16-11-19-14(3)10-20-16/h10-11,13,15H,4-9,12H2,1-3H3,(H,21,23). The molecule has 0 saturated carbocycles. The molecule has 7 heteroatoms. The van der Waals surface area contributed by atoms with Crippen LogP contribution in [0.15, 0.2) is 12.4 Å². The molecule has 0 aliphatic carbocycles. The third-order valence-corrected chi connectivity index (χ3v) is 4.36. The SMILES string of the molecule is CCC(C)NC(=O)CCN(CC1CCCO1)C(=O)c1cnc(C)cn1. The minimum atomic E-state index is -0.209. The Morgan fingerprint density at radius 3 is 2.80 bits per heavy atom. The molecule has 25 heavy (non-hydrogen) atoms. The Kier molecular flexibility index (Phi) is 7.31. The van der Waals surface area contributed by atoms with Gasteiger partial charge in [-0.05, 0) is 33.1 Å². The molecule has 2 heterocycles. The van der Waals surface area contributed by atoms with E-state index in [2.05, 4.69) is 15.3 Å². The van der Waals surface area contributed by atoms with Crippen LogP contribution >= 0.6 is 0 Å². The number of hydrogen-bond donors (Lipinski definition) is 1. The van der Waals surface area contributed by atoms with Crippen LogP contribution in [0.4, 0.5) is 0 Å². The van der Waals surface area contributed by atoms with Gasteiger partial charge in [-0.15, -0.1) is 0 Å². The van der Waals surface area contributed by atoms with Gasteiger partial charge in [0, 0.05) is 38.4 Å². The molecule has 138 valence electrons. The van der Waals surface area contributed by atoms with Gasteiger partial charge in [-0.25, -0.2) is 4.98 Å². The number of rotatable bonds is 8. The summed E-state index contributed by atoms with van der Waals surface area (Å²) in [6, 6.07) is 0.137. The van der Waals surface area contributed by atoms with E-state index >= 15 is 0 Å². The van der Waals surface area contributed by atoms with Crippen LogP contribution in [0.25, 0.3) is 0 Å². The fourth-order valence-electron chi connectivity index (χ4n) is 2.66. The monoisotopic (exact) mass is 348 g/mol. The highest BCUT2D eigenvalue weighted by Gasteiger charge is 2.25. The Bertz CT molecular complexity index is 570. The number of carbonyl (C=O) groups excluding carboxylic acids is 2. The van der Waals surface area contributed by atoms with Crippen LogP contribution in [-0.2, 0) is 9.53 Å². The maximum absolute atomic E-state index is 12.8. The van der Waals surface area contributed by atoms with Gasteiger partial charge in [0.25, 0.3) is 5.91 Å². The van der Waals surface area contributed by atoms with E-state index in [-0.39, 0.29) is 30.4 Å². The van der Waals surface area contributed by atoms with Crippen LogP contribution in [0, 0.1) is 6.92 Å². The number of nitrogens with zero attached hydrogens (tertiary/aromatic N) is 3. The molecule has 1 fully saturated rings. The first-order valence-corrected chi connectivity index (χ1v) is 8.98. The van der Waals surface area contributed by atoms with Crippen molar-refractivity contribution in [2.75, 3.05) is 19.7 Å². The van der Waals surface area contributed by atoms with Gasteiger partial charge >= 0.3 is 0 Å². The Hall–Kier alpha value is -2.02. The maximum atomic E-state index is 12.8. The lowest BCUT2D eigenvalue weighted by atomic mass is 10.2. The zero-order valence-electron chi connectivity index (χ0n) is 15.3. The zero-order valence-corrected chi connectivity index (χ0v) is 15.3. The fourth-order valence-corrected chi connectivity index (χ4v) is 2.66. The molecule has 2 rings (SSSR count). The van der Waals surface area contributed by atoms with E-state index in [1.54, 1.807) is 11.1 Å². The Labute approximate surface area is 149 Å². The molecular weight excluding hydrogens is 320 g/mol. The molecule has 1 saturated heterocycles. The normalized spacial score (nSPS) is 18.0. The summed E-state index contributed by atoms with van der Waals surface area (Å²) >= 11 is 0. The quantitative estimate of drug-likeness (QED) is 0.773. The summed E-state index contributed by atoms with van der Waals surface area (Å²) in [6.07, 6.45) is 6.17. The smallest absolute Gasteiger partial charge is 0.274 e. The van der Waals surface area contributed by atoms with Gasteiger partial charge in [0.05, 0.1) is 18.0 Å². The van der Waals surface area contributed by atoms with Crippen molar-refractivity contribution in [3.05, 3.63) is 23.8 Å². The molecule has 1 aromatic heterocycles. The van der Waals surface area contributed by atoms with E-state index in [0.717, 1.165) is 31.6 Å². The number of aryl methyl sites for hydroxylation is 1. The molecule has 0 aromatic carbocycles. The van der Waals surface area contributed by atoms with Gasteiger partial charge < -0.3 is 15.0 Å². The summed E-state index contributed by atoms with van der Waals surface area (Å²) < 4.78 is 5.65. The predicted molar refractivity (Wildman–Crippen MR) is 94.2 cm³/mol. The molecular formula is C18H28N4O3. The van der Waals surface area contributed by atoms with E-state index in [1.807, 2.05) is 20.8 Å². The van der Waals surface area contributed by atoms with Crippen LogP contribution in [0.1, 0.15) is 55.7 Å². The van der Waals surface area contributed by atoms with E-state index in [4.69, 9.17) is 4.74 Å². The summed E-state index contributed by atoms with van der Waals surface area (Å²) in [7, 11) is 0. The second kappa shape index (κ2) is 9.46. The average molecular weight is 348 g/mol. The second-order valence-corrected chi connectivity index (χ2v) is 6.56. The Morgan fingerprint density at radius 1 is 1.40 bits per heavy atom. The van der Waals surface area contributed by atoms with Gasteiger partial charge in [-0.2, -0.15) is 0 Å². The summed E-state index contributed by atoms with van der Waals surface area (Å²) in [6.45, 7) is 7.36. The molecule has 0 bridgehead atoms. The number of hydrogen-bond acceptors (Lipinski definition) is 5. The largest absolute Gasteiger partial charge is 0.376 e. The van der Waals surface area contributed by atoms with E-state index in [0.29, 0.717) is 18.8 Å². The van der Waals surface area contributed by atoms with E-state index in [1.165, 1.54) is 6.20 Å². The number of carbonyl (C=O) groups is 2. The van der Waals surface area contributed by atoms with Crippen LogP contribution < -0.4 is 5.32 Å². The van der Waals surface area contributed by atoms with Crippen molar-refractivity contribution in [2.45, 2.75) is 58.6 Å². The number of nitrogens with one attached hydrogen (secondary N) is 1. The molecule has 0 radical (unpaired) electrons. The minimum Gasteiger partial charge on any atom is -0.376 e. The van der Waals surface area contributed by atoms with Crippen molar-refractivity contribution in [3.63, 3.8) is 0 Å². The Balaban J connectivity index is 2.00. The highest BCUT2D eigenvalue weighted by Crippen LogP contribution is 2.15. The van der Waals surface area contributed by atoms with E-state index in [9.17, 15) is 9.59 Å². The Morgan fingerprint density at radius 2 is 2.20 bits per heavy atom. The third kappa shape index (κ3) is 6.08. The minimum absolute atomic E-state index is 0.0278. The first kappa shape index (κ1) is 19.3. The number of amides is 2.